The second kappa shape index (κ2) is 5.99. The first-order chi connectivity index (χ1) is 11.4. The maximum Gasteiger partial charge on any atom is 0.295 e. The molecule has 0 aliphatic heterocycles. The Bertz CT molecular complexity index is 1070. The molecule has 0 saturated heterocycles. The van der Waals surface area contributed by atoms with Crippen LogP contribution in [-0.4, -0.2) is 13.0 Å². The Morgan fingerprint density at radius 3 is 2.33 bits per heavy atom. The van der Waals surface area contributed by atoms with Crippen LogP contribution in [0, 0.1) is 5.82 Å². The largest absolute Gasteiger partial charge is 0.396 e. The number of rotatable bonds is 3. The van der Waals surface area contributed by atoms with E-state index in [-0.39, 0.29) is 27.3 Å². The number of azo groups is 1. The van der Waals surface area contributed by atoms with Crippen LogP contribution in [0.25, 0.3) is 10.8 Å². The number of nitrogen functional groups attached to an aromatic ring is 1. The number of hydrogen-bond donors (Lipinski definition) is 2. The van der Waals surface area contributed by atoms with Crippen LogP contribution >= 0.6 is 0 Å². The lowest BCUT2D eigenvalue weighted by Crippen LogP contribution is -2.01. The van der Waals surface area contributed by atoms with Crippen molar-refractivity contribution in [3.8, 4) is 0 Å². The normalized spacial score (nSPS) is 12.1. The van der Waals surface area contributed by atoms with Crippen LogP contribution in [0.15, 0.2) is 69.7 Å². The predicted molar refractivity (Wildman–Crippen MR) is 88.8 cm³/mol. The van der Waals surface area contributed by atoms with Gasteiger partial charge in [-0.2, -0.15) is 13.5 Å². The minimum atomic E-state index is -4.48. The van der Waals surface area contributed by atoms with E-state index in [1.54, 1.807) is 18.2 Å². The van der Waals surface area contributed by atoms with Crippen LogP contribution in [0.2, 0.25) is 0 Å². The van der Waals surface area contributed by atoms with E-state index in [1.807, 2.05) is 0 Å². The van der Waals surface area contributed by atoms with E-state index in [4.69, 9.17) is 5.73 Å². The molecule has 6 nitrogen and oxygen atoms in total. The summed E-state index contributed by atoms with van der Waals surface area (Å²) in [5.41, 5.74) is 6.53. The molecule has 0 unspecified atom stereocenters. The fourth-order valence-corrected chi connectivity index (χ4v) is 3.01. The van der Waals surface area contributed by atoms with Gasteiger partial charge in [0, 0.05) is 16.8 Å². The zero-order chi connectivity index (χ0) is 17.3. The van der Waals surface area contributed by atoms with Crippen LogP contribution in [0.5, 0.6) is 0 Å². The summed E-state index contributed by atoms with van der Waals surface area (Å²) in [6, 6.07) is 13.0. The lowest BCUT2D eigenvalue weighted by atomic mass is 10.1. The van der Waals surface area contributed by atoms with Crippen molar-refractivity contribution in [3.63, 3.8) is 0 Å². The highest BCUT2D eigenvalue weighted by molar-refractivity contribution is 7.86. The van der Waals surface area contributed by atoms with Gasteiger partial charge in [0.25, 0.3) is 10.1 Å². The van der Waals surface area contributed by atoms with Gasteiger partial charge in [0.15, 0.2) is 0 Å². The van der Waals surface area contributed by atoms with Crippen LogP contribution < -0.4 is 5.73 Å². The summed E-state index contributed by atoms with van der Waals surface area (Å²) in [4.78, 5) is -0.319. The van der Waals surface area contributed by atoms with Gasteiger partial charge in [-0.05, 0) is 18.2 Å². The Kier molecular flexibility index (Phi) is 4.00. The fourth-order valence-electron chi connectivity index (χ4n) is 2.30. The summed E-state index contributed by atoms with van der Waals surface area (Å²) in [5, 5.41) is 8.45. The van der Waals surface area contributed by atoms with Gasteiger partial charge in [0.1, 0.15) is 16.4 Å². The van der Waals surface area contributed by atoms with Crippen LogP contribution in [0.3, 0.4) is 0 Å². The van der Waals surface area contributed by atoms with E-state index >= 15 is 0 Å². The second-order valence-corrected chi connectivity index (χ2v) is 6.40. The molecule has 0 aromatic heterocycles. The molecule has 0 bridgehead atoms. The smallest absolute Gasteiger partial charge is 0.295 e. The number of hydrogen-bond acceptors (Lipinski definition) is 5. The molecule has 0 aliphatic rings. The molecule has 0 amide bonds. The molecule has 3 N–H and O–H groups in total. The van der Waals surface area contributed by atoms with Crippen molar-refractivity contribution < 1.29 is 17.4 Å². The Balaban J connectivity index is 2.20. The van der Waals surface area contributed by atoms with E-state index in [2.05, 4.69) is 10.2 Å². The summed E-state index contributed by atoms with van der Waals surface area (Å²) in [6.07, 6.45) is 0. The first kappa shape index (κ1) is 16.0. The number of halogens is 1. The van der Waals surface area contributed by atoms with Gasteiger partial charge < -0.3 is 5.73 Å². The van der Waals surface area contributed by atoms with Crippen molar-refractivity contribution in [2.45, 2.75) is 4.90 Å². The maximum atomic E-state index is 13.2. The monoisotopic (exact) mass is 345 g/mol. The van der Waals surface area contributed by atoms with Gasteiger partial charge in [-0.1, -0.05) is 30.3 Å². The van der Waals surface area contributed by atoms with E-state index in [9.17, 15) is 17.4 Å². The average molecular weight is 345 g/mol. The summed E-state index contributed by atoms with van der Waals surface area (Å²) in [5.74, 6) is -0.475. The van der Waals surface area contributed by atoms with E-state index in [1.165, 1.54) is 30.3 Å². The first-order valence-electron chi connectivity index (χ1n) is 6.82. The van der Waals surface area contributed by atoms with Crippen LogP contribution in [0.1, 0.15) is 0 Å². The zero-order valence-electron chi connectivity index (χ0n) is 12.2. The molecule has 122 valence electrons. The van der Waals surface area contributed by atoms with Gasteiger partial charge in [-0.25, -0.2) is 4.39 Å². The van der Waals surface area contributed by atoms with Gasteiger partial charge in [-0.3, -0.25) is 4.55 Å². The minimum Gasteiger partial charge on any atom is -0.396 e. The summed E-state index contributed by atoms with van der Waals surface area (Å²) < 4.78 is 45.8. The summed E-state index contributed by atoms with van der Waals surface area (Å²) >= 11 is 0. The Labute approximate surface area is 137 Å². The molecular weight excluding hydrogens is 333 g/mol. The molecule has 3 aromatic rings. The number of fused-ring (bicyclic) bond motifs is 1. The van der Waals surface area contributed by atoms with Gasteiger partial charge in [0.05, 0.1) is 11.4 Å². The van der Waals surface area contributed by atoms with Crippen molar-refractivity contribution in [3.05, 3.63) is 60.4 Å². The molecule has 0 radical (unpaired) electrons. The third kappa shape index (κ3) is 3.10. The molecule has 0 fully saturated rings. The molecule has 3 aromatic carbocycles. The number of nitrogens with zero attached hydrogens (tertiary/aromatic N) is 2. The highest BCUT2D eigenvalue weighted by Gasteiger charge is 2.18. The van der Waals surface area contributed by atoms with Gasteiger partial charge in [0.2, 0.25) is 0 Å². The molecule has 0 atom stereocenters. The SMILES string of the molecule is Nc1c(N=Nc2cccc(F)c2)cc(S(=O)(=O)O)c2ccccc12. The Hall–Kier alpha value is -2.84. The highest BCUT2D eigenvalue weighted by atomic mass is 32.2. The summed E-state index contributed by atoms with van der Waals surface area (Å²) in [7, 11) is -4.48. The zero-order valence-corrected chi connectivity index (χ0v) is 13.0. The lowest BCUT2D eigenvalue weighted by molar-refractivity contribution is 0.484. The van der Waals surface area contributed by atoms with Crippen molar-refractivity contribution in [2.75, 3.05) is 5.73 Å². The van der Waals surface area contributed by atoms with Crippen LogP contribution in [0.4, 0.5) is 21.5 Å². The first-order valence-corrected chi connectivity index (χ1v) is 8.26. The van der Waals surface area contributed by atoms with Gasteiger partial charge in [-0.15, -0.1) is 5.11 Å². The molecular formula is C16H12FN3O3S. The molecule has 24 heavy (non-hydrogen) atoms. The molecule has 0 heterocycles. The lowest BCUT2D eigenvalue weighted by Gasteiger charge is -2.09. The third-order valence-electron chi connectivity index (χ3n) is 3.39. The molecule has 0 saturated carbocycles. The third-order valence-corrected chi connectivity index (χ3v) is 4.28. The quantitative estimate of drug-likeness (QED) is 0.421. The van der Waals surface area contributed by atoms with Crippen molar-refractivity contribution in [1.29, 1.82) is 0 Å². The minimum absolute atomic E-state index is 0.0607. The maximum absolute atomic E-state index is 13.2. The van der Waals surface area contributed by atoms with Crippen LogP contribution in [-0.2, 0) is 10.1 Å². The summed E-state index contributed by atoms with van der Waals surface area (Å²) in [6.45, 7) is 0. The Morgan fingerprint density at radius 2 is 1.67 bits per heavy atom. The molecule has 8 heteroatoms. The number of anilines is 1. The number of nitrogens with two attached hydrogens (primary N) is 1. The van der Waals surface area contributed by atoms with Gasteiger partial charge >= 0.3 is 0 Å². The van der Waals surface area contributed by atoms with Crippen molar-refractivity contribution >= 4 is 38.0 Å². The van der Waals surface area contributed by atoms with E-state index < -0.39 is 15.9 Å². The van der Waals surface area contributed by atoms with E-state index in [0.717, 1.165) is 6.07 Å². The molecule has 0 aliphatic carbocycles. The number of benzene rings is 3. The second-order valence-electron chi connectivity index (χ2n) is 5.01. The van der Waals surface area contributed by atoms with Crippen molar-refractivity contribution in [2.24, 2.45) is 10.2 Å². The topological polar surface area (TPSA) is 105 Å². The van der Waals surface area contributed by atoms with E-state index in [0.29, 0.717) is 5.39 Å². The van der Waals surface area contributed by atoms with Crippen molar-refractivity contribution in [1.82, 2.24) is 0 Å². The average Bonchev–Trinajstić information content (AvgIpc) is 2.53. The predicted octanol–water partition coefficient (Wildman–Crippen LogP) is 4.22. The molecule has 0 spiro atoms. The Morgan fingerprint density at radius 1 is 0.958 bits per heavy atom. The standard InChI is InChI=1S/C16H12FN3O3S/c17-10-4-3-5-11(8-10)19-20-14-9-15(24(21,22)23)12-6-1-2-7-13(12)16(14)18/h1-9H,18H2,(H,21,22,23). The fraction of sp³-hybridized carbons (Fsp3) is 0. The molecule has 3 rings (SSSR count). The highest BCUT2D eigenvalue weighted by Crippen LogP contribution is 2.36.